The van der Waals surface area contributed by atoms with Crippen molar-refractivity contribution in [3.05, 3.63) is 88.2 Å². The van der Waals surface area contributed by atoms with Gasteiger partial charge in [-0.05, 0) is 42.0 Å². The van der Waals surface area contributed by atoms with E-state index in [2.05, 4.69) is 19.8 Å². The number of rotatable bonds is 8. The Bertz CT molecular complexity index is 1510. The molecule has 2 aromatic heterocycles. The molecule has 1 saturated heterocycles. The Morgan fingerprint density at radius 3 is 2.41 bits per heavy atom. The average Bonchev–Trinajstić information content (AvgIpc) is 2.98. The van der Waals surface area contributed by atoms with Gasteiger partial charge in [0.05, 0.1) is 44.1 Å². The quantitative estimate of drug-likeness (QED) is 0.340. The molecule has 10 heteroatoms. The summed E-state index contributed by atoms with van der Waals surface area (Å²) in [6.45, 7) is 3.55. The molecule has 2 aromatic carbocycles. The molecular weight excluding hydrogens is 500 g/mol. The predicted octanol–water partition coefficient (Wildman–Crippen LogP) is 3.31. The zero-order chi connectivity index (χ0) is 27.4. The lowest BCUT2D eigenvalue weighted by Crippen LogP contribution is -2.46. The number of methoxy groups -OCH3 is 2. The number of nitrogens with zero attached hydrogens (tertiary/aromatic N) is 4. The molecule has 0 aliphatic carbocycles. The maximum absolute atomic E-state index is 12.8. The van der Waals surface area contributed by atoms with Gasteiger partial charge in [-0.25, -0.2) is 0 Å². The molecule has 0 bridgehead atoms. The first-order valence-corrected chi connectivity index (χ1v) is 12.7. The van der Waals surface area contributed by atoms with E-state index in [1.807, 2.05) is 24.3 Å². The van der Waals surface area contributed by atoms with Crippen LogP contribution in [0.4, 0.5) is 5.69 Å². The maximum Gasteiger partial charge on any atom is 0.306 e. The molecule has 0 radical (unpaired) electrons. The second-order valence-electron chi connectivity index (χ2n) is 9.39. The van der Waals surface area contributed by atoms with Gasteiger partial charge in [-0.3, -0.25) is 24.5 Å². The van der Waals surface area contributed by atoms with E-state index in [1.54, 1.807) is 37.7 Å². The van der Waals surface area contributed by atoms with E-state index < -0.39 is 23.1 Å². The highest BCUT2D eigenvalue weighted by molar-refractivity contribution is 5.76. The molecule has 10 nitrogen and oxygen atoms in total. The topological polar surface area (TPSA) is 118 Å². The number of anilines is 1. The Kier molecular flexibility index (Phi) is 7.74. The minimum Gasteiger partial charge on any atom is -0.502 e. The maximum atomic E-state index is 12.8. The van der Waals surface area contributed by atoms with E-state index in [-0.39, 0.29) is 12.2 Å². The molecule has 5 rings (SSSR count). The van der Waals surface area contributed by atoms with Crippen molar-refractivity contribution in [2.45, 2.75) is 18.9 Å². The lowest BCUT2D eigenvalue weighted by molar-refractivity contribution is -0.140. The molecule has 0 amide bonds. The smallest absolute Gasteiger partial charge is 0.306 e. The highest BCUT2D eigenvalue weighted by Gasteiger charge is 2.28. The van der Waals surface area contributed by atoms with Crippen LogP contribution in [0.1, 0.15) is 29.4 Å². The lowest BCUT2D eigenvalue weighted by atomic mass is 9.91. The Morgan fingerprint density at radius 2 is 1.72 bits per heavy atom. The molecule has 3 heterocycles. The molecule has 0 unspecified atom stereocenters. The monoisotopic (exact) mass is 530 g/mol. The highest BCUT2D eigenvalue weighted by Crippen LogP contribution is 2.34. The lowest BCUT2D eigenvalue weighted by Gasteiger charge is -2.36. The van der Waals surface area contributed by atoms with E-state index in [9.17, 15) is 14.7 Å². The first kappa shape index (κ1) is 26.2. The van der Waals surface area contributed by atoms with Crippen LogP contribution in [0.5, 0.6) is 11.5 Å². The summed E-state index contributed by atoms with van der Waals surface area (Å²) in [6, 6.07) is 14.6. The van der Waals surface area contributed by atoms with Gasteiger partial charge in [0.15, 0.2) is 5.76 Å². The van der Waals surface area contributed by atoms with E-state index in [0.717, 1.165) is 37.6 Å². The molecule has 1 aliphatic heterocycles. The number of fused-ring (bicyclic) bond motifs is 1. The van der Waals surface area contributed by atoms with Crippen LogP contribution in [0, 0.1) is 0 Å². The van der Waals surface area contributed by atoms with Crippen molar-refractivity contribution in [1.82, 2.24) is 14.9 Å². The number of aromatic hydroxyl groups is 1. The molecule has 1 atom stereocenters. The molecule has 39 heavy (non-hydrogen) atoms. The molecule has 0 saturated carbocycles. The van der Waals surface area contributed by atoms with Gasteiger partial charge in [-0.15, -0.1) is 0 Å². The van der Waals surface area contributed by atoms with Crippen LogP contribution < -0.4 is 15.1 Å². The summed E-state index contributed by atoms with van der Waals surface area (Å²) in [7, 11) is 2.94. The molecule has 1 aliphatic rings. The summed E-state index contributed by atoms with van der Waals surface area (Å²) >= 11 is 0. The van der Waals surface area contributed by atoms with E-state index in [1.165, 1.54) is 13.2 Å². The zero-order valence-corrected chi connectivity index (χ0v) is 21.9. The minimum atomic E-state index is -0.747. The highest BCUT2D eigenvalue weighted by atomic mass is 16.5. The standard InChI is InChI=1S/C29H30N4O6/c1-37-21-6-4-20(5-7-21)33-13-11-32(12-14-33)18-22-16-26(34)28(36)29(39-22)23(17-27(35)38-2)19-3-8-24-25(15-19)31-10-9-30-24/h3-10,15-16,23,36H,11-14,17-18H2,1-2H3/t23-/m1/s1. The van der Waals surface area contributed by atoms with Crippen molar-refractivity contribution in [2.75, 3.05) is 45.3 Å². The second-order valence-corrected chi connectivity index (χ2v) is 9.39. The number of carbonyl (C=O) groups is 1. The number of benzene rings is 2. The second kappa shape index (κ2) is 11.5. The fraction of sp³-hybridized carbons (Fsp3) is 0.310. The van der Waals surface area contributed by atoms with Crippen molar-refractivity contribution in [3.8, 4) is 11.5 Å². The molecule has 4 aromatic rings. The van der Waals surface area contributed by atoms with Gasteiger partial charge in [-0.2, -0.15) is 0 Å². The van der Waals surface area contributed by atoms with Crippen LogP contribution in [-0.4, -0.2) is 66.3 Å². The molecular formula is C29H30N4O6. The van der Waals surface area contributed by atoms with Crippen molar-refractivity contribution >= 4 is 22.7 Å². The van der Waals surface area contributed by atoms with Crippen molar-refractivity contribution in [3.63, 3.8) is 0 Å². The average molecular weight is 531 g/mol. The van der Waals surface area contributed by atoms with Crippen LogP contribution in [0.2, 0.25) is 0 Å². The van der Waals surface area contributed by atoms with E-state index in [0.29, 0.717) is 28.9 Å². The van der Waals surface area contributed by atoms with Crippen LogP contribution >= 0.6 is 0 Å². The summed E-state index contributed by atoms with van der Waals surface area (Å²) in [5.74, 6) is -0.497. The number of aromatic nitrogens is 2. The third kappa shape index (κ3) is 5.85. The number of hydrogen-bond acceptors (Lipinski definition) is 10. The van der Waals surface area contributed by atoms with Gasteiger partial charge < -0.3 is 23.9 Å². The fourth-order valence-electron chi connectivity index (χ4n) is 4.86. The van der Waals surface area contributed by atoms with Crippen LogP contribution in [0.3, 0.4) is 0 Å². The Hall–Kier alpha value is -4.44. The van der Waals surface area contributed by atoms with Gasteiger partial charge in [-0.1, -0.05) is 6.07 Å². The fourth-order valence-corrected chi connectivity index (χ4v) is 4.86. The number of ether oxygens (including phenoxy) is 2. The van der Waals surface area contributed by atoms with Crippen molar-refractivity contribution in [2.24, 2.45) is 0 Å². The number of carbonyl (C=O) groups excluding carboxylic acids is 1. The van der Waals surface area contributed by atoms with E-state index in [4.69, 9.17) is 13.9 Å². The largest absolute Gasteiger partial charge is 0.502 e. The molecule has 1 N–H and O–H groups in total. The summed E-state index contributed by atoms with van der Waals surface area (Å²) < 4.78 is 16.3. The van der Waals surface area contributed by atoms with Crippen molar-refractivity contribution < 1.29 is 23.8 Å². The van der Waals surface area contributed by atoms with Crippen LogP contribution in [0.25, 0.3) is 11.0 Å². The van der Waals surface area contributed by atoms with E-state index >= 15 is 0 Å². The van der Waals surface area contributed by atoms with Gasteiger partial charge in [0.2, 0.25) is 11.2 Å². The Labute approximate surface area is 225 Å². The summed E-state index contributed by atoms with van der Waals surface area (Å²) in [6.07, 6.45) is 3.05. The van der Waals surface area contributed by atoms with Crippen LogP contribution in [-0.2, 0) is 16.1 Å². The van der Waals surface area contributed by atoms with Gasteiger partial charge >= 0.3 is 5.97 Å². The number of esters is 1. The number of hydrogen-bond donors (Lipinski definition) is 1. The summed E-state index contributed by atoms with van der Waals surface area (Å²) in [5, 5.41) is 10.7. The third-order valence-electron chi connectivity index (χ3n) is 7.00. The molecule has 1 fully saturated rings. The third-order valence-corrected chi connectivity index (χ3v) is 7.00. The molecule has 202 valence electrons. The SMILES string of the molecule is COC(=O)C[C@H](c1ccc2nccnc2c1)c1oc(CN2CCN(c3ccc(OC)cc3)CC2)cc(=O)c1O. The minimum absolute atomic E-state index is 0.0306. The number of piperazine rings is 1. The zero-order valence-electron chi connectivity index (χ0n) is 21.9. The normalized spacial score (nSPS) is 14.8. The Balaban J connectivity index is 1.38. The first-order chi connectivity index (χ1) is 18.9. The summed E-state index contributed by atoms with van der Waals surface area (Å²) in [4.78, 5) is 38.3. The van der Waals surface area contributed by atoms with Gasteiger partial charge in [0.1, 0.15) is 11.5 Å². The van der Waals surface area contributed by atoms with Gasteiger partial charge in [0, 0.05) is 50.3 Å². The first-order valence-electron chi connectivity index (χ1n) is 12.7. The molecule has 0 spiro atoms. The predicted molar refractivity (Wildman–Crippen MR) is 145 cm³/mol. The van der Waals surface area contributed by atoms with Gasteiger partial charge in [0.25, 0.3) is 0 Å². The Morgan fingerprint density at radius 1 is 1.00 bits per heavy atom. The van der Waals surface area contributed by atoms with Crippen molar-refractivity contribution in [1.29, 1.82) is 0 Å². The summed E-state index contributed by atoms with van der Waals surface area (Å²) in [5.41, 5.74) is 2.53. The van der Waals surface area contributed by atoms with Crippen LogP contribution in [0.15, 0.2) is 70.1 Å².